The molecule has 2 N–H and O–H groups in total. The molecule has 6 heteroatoms. The molecule has 3 rings (SSSR count). The van der Waals surface area contributed by atoms with Crippen molar-refractivity contribution in [3.05, 3.63) is 59.7 Å². The standard InChI is InChI=1S/C23H31N3O3/c1-24-22(25-16-18-4-8-20(27-2)9-5-18)26-17-23(12-14-29-15-13-23)19-6-10-21(28-3)11-7-19/h4-11H,12-17H2,1-3H3,(H2,24,25,26). The summed E-state index contributed by atoms with van der Waals surface area (Å²) < 4.78 is 16.2. The van der Waals surface area contributed by atoms with E-state index in [1.807, 2.05) is 24.3 Å². The molecule has 156 valence electrons. The molecule has 6 nitrogen and oxygen atoms in total. The molecule has 0 aliphatic carbocycles. The lowest BCUT2D eigenvalue weighted by Gasteiger charge is -2.38. The van der Waals surface area contributed by atoms with Gasteiger partial charge in [0.2, 0.25) is 0 Å². The number of nitrogens with one attached hydrogen (secondary N) is 2. The van der Waals surface area contributed by atoms with Gasteiger partial charge < -0.3 is 24.8 Å². The van der Waals surface area contributed by atoms with E-state index in [9.17, 15) is 0 Å². The lowest BCUT2D eigenvalue weighted by Crippen LogP contribution is -2.47. The van der Waals surface area contributed by atoms with Crippen molar-refractivity contribution in [3.8, 4) is 11.5 Å². The molecular weight excluding hydrogens is 366 g/mol. The number of aliphatic imine (C=N–C) groups is 1. The van der Waals surface area contributed by atoms with Crippen molar-refractivity contribution in [1.29, 1.82) is 0 Å². The summed E-state index contributed by atoms with van der Waals surface area (Å²) in [7, 11) is 5.17. The zero-order valence-corrected chi connectivity index (χ0v) is 17.5. The second-order valence-corrected chi connectivity index (χ2v) is 7.25. The average molecular weight is 398 g/mol. The Hall–Kier alpha value is -2.73. The molecular formula is C23H31N3O3. The molecule has 1 heterocycles. The first-order valence-electron chi connectivity index (χ1n) is 9.99. The van der Waals surface area contributed by atoms with Crippen LogP contribution in [0.15, 0.2) is 53.5 Å². The molecule has 0 saturated carbocycles. The topological polar surface area (TPSA) is 64.1 Å². The SMILES string of the molecule is CN=C(NCc1ccc(OC)cc1)NCC1(c2ccc(OC)cc2)CCOCC1. The maximum absolute atomic E-state index is 5.64. The van der Waals surface area contributed by atoms with Crippen molar-refractivity contribution >= 4 is 5.96 Å². The zero-order valence-electron chi connectivity index (χ0n) is 17.5. The number of hydrogen-bond donors (Lipinski definition) is 2. The van der Waals surface area contributed by atoms with Gasteiger partial charge in [-0.25, -0.2) is 0 Å². The fourth-order valence-electron chi connectivity index (χ4n) is 3.68. The lowest BCUT2D eigenvalue weighted by molar-refractivity contribution is 0.0513. The first-order chi connectivity index (χ1) is 14.2. The van der Waals surface area contributed by atoms with Crippen molar-refractivity contribution in [2.24, 2.45) is 4.99 Å². The minimum atomic E-state index is 0.0161. The van der Waals surface area contributed by atoms with E-state index in [0.717, 1.165) is 50.1 Å². The van der Waals surface area contributed by atoms with E-state index in [1.165, 1.54) is 11.1 Å². The van der Waals surface area contributed by atoms with Gasteiger partial charge in [-0.3, -0.25) is 4.99 Å². The summed E-state index contributed by atoms with van der Waals surface area (Å²) in [6, 6.07) is 16.4. The molecule has 0 unspecified atom stereocenters. The van der Waals surface area contributed by atoms with Gasteiger partial charge in [-0.2, -0.15) is 0 Å². The maximum atomic E-state index is 5.64. The molecule has 0 aromatic heterocycles. The minimum absolute atomic E-state index is 0.0161. The third kappa shape index (κ3) is 5.41. The molecule has 1 aliphatic rings. The van der Waals surface area contributed by atoms with Gasteiger partial charge in [0.25, 0.3) is 0 Å². The summed E-state index contributed by atoms with van der Waals surface area (Å²) in [6.07, 6.45) is 1.95. The molecule has 2 aromatic carbocycles. The molecule has 0 atom stereocenters. The van der Waals surface area contributed by atoms with Gasteiger partial charge in [0, 0.05) is 38.8 Å². The Bertz CT molecular complexity index is 782. The number of hydrogen-bond acceptors (Lipinski definition) is 4. The van der Waals surface area contributed by atoms with Crippen LogP contribution < -0.4 is 20.1 Å². The third-order valence-electron chi connectivity index (χ3n) is 5.59. The van der Waals surface area contributed by atoms with Crippen LogP contribution in [0.2, 0.25) is 0 Å². The zero-order chi connectivity index (χ0) is 20.5. The summed E-state index contributed by atoms with van der Waals surface area (Å²) in [5, 5.41) is 6.92. The largest absolute Gasteiger partial charge is 0.497 e. The van der Waals surface area contributed by atoms with Gasteiger partial charge >= 0.3 is 0 Å². The highest BCUT2D eigenvalue weighted by Gasteiger charge is 2.34. The Morgan fingerprint density at radius 2 is 1.52 bits per heavy atom. The van der Waals surface area contributed by atoms with E-state index in [0.29, 0.717) is 6.54 Å². The molecule has 0 bridgehead atoms. The van der Waals surface area contributed by atoms with Crippen LogP contribution in [0.5, 0.6) is 11.5 Å². The van der Waals surface area contributed by atoms with Crippen molar-refractivity contribution < 1.29 is 14.2 Å². The summed E-state index contributed by atoms with van der Waals surface area (Å²) in [5.41, 5.74) is 2.49. The first-order valence-corrected chi connectivity index (χ1v) is 9.99. The number of benzene rings is 2. The van der Waals surface area contributed by atoms with Crippen molar-refractivity contribution in [2.75, 3.05) is 41.0 Å². The van der Waals surface area contributed by atoms with Gasteiger partial charge in [0.15, 0.2) is 5.96 Å². The van der Waals surface area contributed by atoms with Gasteiger partial charge in [-0.15, -0.1) is 0 Å². The van der Waals surface area contributed by atoms with E-state index >= 15 is 0 Å². The Morgan fingerprint density at radius 3 is 2.07 bits per heavy atom. The fraction of sp³-hybridized carbons (Fsp3) is 0.435. The highest BCUT2D eigenvalue weighted by molar-refractivity contribution is 5.79. The molecule has 0 radical (unpaired) electrons. The number of guanidine groups is 1. The van der Waals surface area contributed by atoms with Crippen molar-refractivity contribution in [1.82, 2.24) is 10.6 Å². The molecule has 1 fully saturated rings. The van der Waals surface area contributed by atoms with Crippen molar-refractivity contribution in [3.63, 3.8) is 0 Å². The van der Waals surface area contributed by atoms with E-state index in [4.69, 9.17) is 14.2 Å². The number of ether oxygens (including phenoxy) is 3. The highest BCUT2D eigenvalue weighted by atomic mass is 16.5. The first kappa shape index (κ1) is 21.0. The van der Waals surface area contributed by atoms with Crippen LogP contribution in [0.1, 0.15) is 24.0 Å². The Kier molecular flexibility index (Phi) is 7.36. The molecule has 0 amide bonds. The van der Waals surface area contributed by atoms with Crippen molar-refractivity contribution in [2.45, 2.75) is 24.8 Å². The van der Waals surface area contributed by atoms with E-state index in [1.54, 1.807) is 21.3 Å². The quantitative estimate of drug-likeness (QED) is 0.555. The molecule has 0 spiro atoms. The Balaban J connectivity index is 1.63. The van der Waals surface area contributed by atoms with Crippen LogP contribution in [0.25, 0.3) is 0 Å². The Labute approximate surface area is 173 Å². The predicted octanol–water partition coefficient (Wildman–Crippen LogP) is 3.12. The van der Waals surface area contributed by atoms with E-state index in [2.05, 4.69) is 39.9 Å². The summed E-state index contributed by atoms with van der Waals surface area (Å²) in [6.45, 7) is 3.03. The summed E-state index contributed by atoms with van der Waals surface area (Å²) in [5.74, 6) is 2.53. The molecule has 1 aliphatic heterocycles. The molecule has 29 heavy (non-hydrogen) atoms. The molecule has 2 aromatic rings. The predicted molar refractivity (Wildman–Crippen MR) is 116 cm³/mol. The Morgan fingerprint density at radius 1 is 0.931 bits per heavy atom. The second-order valence-electron chi connectivity index (χ2n) is 7.25. The smallest absolute Gasteiger partial charge is 0.191 e. The average Bonchev–Trinajstić information content (AvgIpc) is 2.80. The van der Waals surface area contributed by atoms with Crippen LogP contribution in [0.3, 0.4) is 0 Å². The van der Waals surface area contributed by atoms with Crippen LogP contribution >= 0.6 is 0 Å². The van der Waals surface area contributed by atoms with Crippen LogP contribution in [0, 0.1) is 0 Å². The summed E-state index contributed by atoms with van der Waals surface area (Å²) >= 11 is 0. The van der Waals surface area contributed by atoms with Gasteiger partial charge in [-0.05, 0) is 48.2 Å². The molecule has 1 saturated heterocycles. The lowest BCUT2D eigenvalue weighted by atomic mass is 9.74. The van der Waals surface area contributed by atoms with Gasteiger partial charge in [-0.1, -0.05) is 24.3 Å². The van der Waals surface area contributed by atoms with E-state index < -0.39 is 0 Å². The van der Waals surface area contributed by atoms with Crippen LogP contribution in [-0.2, 0) is 16.7 Å². The highest BCUT2D eigenvalue weighted by Crippen LogP contribution is 2.35. The number of rotatable bonds is 7. The van der Waals surface area contributed by atoms with Gasteiger partial charge in [0.05, 0.1) is 14.2 Å². The normalized spacial score (nSPS) is 16.2. The monoisotopic (exact) mass is 397 g/mol. The van der Waals surface area contributed by atoms with E-state index in [-0.39, 0.29) is 5.41 Å². The number of nitrogens with zero attached hydrogens (tertiary/aromatic N) is 1. The fourth-order valence-corrected chi connectivity index (χ4v) is 3.68. The van der Waals surface area contributed by atoms with Crippen LogP contribution in [-0.4, -0.2) is 47.0 Å². The minimum Gasteiger partial charge on any atom is -0.497 e. The summed E-state index contributed by atoms with van der Waals surface area (Å²) in [4.78, 5) is 4.39. The van der Waals surface area contributed by atoms with Crippen LogP contribution in [0.4, 0.5) is 0 Å². The maximum Gasteiger partial charge on any atom is 0.191 e. The second kappa shape index (κ2) is 10.2. The van der Waals surface area contributed by atoms with Gasteiger partial charge in [0.1, 0.15) is 11.5 Å². The third-order valence-corrected chi connectivity index (χ3v) is 5.59. The number of methoxy groups -OCH3 is 2.